The molecule has 0 N–H and O–H groups in total. The average Bonchev–Trinajstić information content (AvgIpc) is 3.00. The van der Waals surface area contributed by atoms with Gasteiger partial charge in [-0.05, 0) is 6.07 Å². The first-order valence-corrected chi connectivity index (χ1v) is 7.62. The molecule has 138 valence electrons. The van der Waals surface area contributed by atoms with Gasteiger partial charge in [0.15, 0.2) is 0 Å². The highest BCUT2D eigenvalue weighted by Crippen LogP contribution is 2.33. The highest BCUT2D eigenvalue weighted by molar-refractivity contribution is 5.97. The van der Waals surface area contributed by atoms with Crippen LogP contribution < -0.4 is 14.5 Å². The molecule has 11 heteroatoms. The molecule has 0 unspecified atom stereocenters. The van der Waals surface area contributed by atoms with Gasteiger partial charge in [-0.3, -0.25) is 19.6 Å². The minimum absolute atomic E-state index is 0.000817. The topological polar surface area (TPSA) is 93.7 Å². The van der Waals surface area contributed by atoms with Gasteiger partial charge in [-0.2, -0.15) is 13.9 Å². The fourth-order valence-corrected chi connectivity index (χ4v) is 2.75. The van der Waals surface area contributed by atoms with E-state index in [2.05, 4.69) is 9.84 Å². The first-order valence-electron chi connectivity index (χ1n) is 7.62. The van der Waals surface area contributed by atoms with E-state index in [-0.39, 0.29) is 12.5 Å². The van der Waals surface area contributed by atoms with Crippen molar-refractivity contribution >= 4 is 23.0 Å². The second-order valence-corrected chi connectivity index (χ2v) is 5.63. The predicted octanol–water partition coefficient (Wildman–Crippen LogP) is 1.78. The Bertz CT molecular complexity index is 841. The largest absolute Gasteiger partial charge is 0.427 e. The maximum absolute atomic E-state index is 12.5. The van der Waals surface area contributed by atoms with Crippen LogP contribution in [0.2, 0.25) is 0 Å². The molecule has 1 aromatic carbocycles. The summed E-state index contributed by atoms with van der Waals surface area (Å²) < 4.78 is 30.9. The number of aromatic nitrogens is 2. The van der Waals surface area contributed by atoms with Gasteiger partial charge in [0.1, 0.15) is 0 Å². The van der Waals surface area contributed by atoms with E-state index in [9.17, 15) is 23.7 Å². The minimum atomic E-state index is -3.19. The average molecular weight is 367 g/mol. The molecule has 1 aliphatic heterocycles. The lowest BCUT2D eigenvalue weighted by Crippen LogP contribution is -2.50. The Morgan fingerprint density at radius 2 is 2.08 bits per heavy atom. The fraction of sp³-hybridized carbons (Fsp3) is 0.333. The maximum atomic E-state index is 12.5. The summed E-state index contributed by atoms with van der Waals surface area (Å²) in [5, 5.41) is 15.0. The molecular weight excluding hydrogens is 352 g/mol. The number of nitrogens with zero attached hydrogens (tertiary/aromatic N) is 5. The number of nitro groups is 1. The molecule has 1 saturated heterocycles. The van der Waals surface area contributed by atoms with Crippen LogP contribution in [0, 0.1) is 10.1 Å². The molecule has 3 rings (SSSR count). The van der Waals surface area contributed by atoms with Crippen molar-refractivity contribution in [2.24, 2.45) is 7.05 Å². The lowest BCUT2D eigenvalue weighted by molar-refractivity contribution is -0.386. The summed E-state index contributed by atoms with van der Waals surface area (Å²) in [6.45, 7) is -2.40. The number of benzene rings is 1. The van der Waals surface area contributed by atoms with Gasteiger partial charge in [0.2, 0.25) is 11.7 Å². The van der Waals surface area contributed by atoms with Crippen molar-refractivity contribution in [1.29, 1.82) is 0 Å². The third-order valence-corrected chi connectivity index (χ3v) is 3.94. The molecule has 0 spiro atoms. The summed E-state index contributed by atoms with van der Waals surface area (Å²) >= 11 is 0. The standard InChI is InChI=1S/C15H15F2N5O4/c1-19-8-11(7-18-19)21-5-4-20(9-14(21)23)10-2-3-12(22(24)25)13(6-10)26-15(16)17/h2-3,6-8,15H,4-5,9H2,1H3. The number of nitro benzene ring substituents is 1. The number of halogens is 2. The van der Waals surface area contributed by atoms with E-state index in [1.807, 2.05) is 0 Å². The molecule has 2 aromatic rings. The van der Waals surface area contributed by atoms with Crippen LogP contribution in [0.5, 0.6) is 5.75 Å². The molecule has 0 saturated carbocycles. The van der Waals surface area contributed by atoms with Crippen molar-refractivity contribution in [2.75, 3.05) is 29.4 Å². The second kappa shape index (κ2) is 6.94. The minimum Gasteiger partial charge on any atom is -0.427 e. The third-order valence-electron chi connectivity index (χ3n) is 3.94. The molecule has 0 atom stereocenters. The Morgan fingerprint density at radius 3 is 2.65 bits per heavy atom. The second-order valence-electron chi connectivity index (χ2n) is 5.63. The lowest BCUT2D eigenvalue weighted by atomic mass is 10.2. The van der Waals surface area contributed by atoms with Crippen molar-refractivity contribution in [2.45, 2.75) is 6.61 Å². The number of amides is 1. The number of rotatable bonds is 5. The normalized spacial score (nSPS) is 14.8. The number of hydrogen-bond acceptors (Lipinski definition) is 6. The lowest BCUT2D eigenvalue weighted by Gasteiger charge is -2.35. The number of alkyl halides is 2. The van der Waals surface area contributed by atoms with Crippen molar-refractivity contribution in [1.82, 2.24) is 9.78 Å². The van der Waals surface area contributed by atoms with Crippen LogP contribution in [0.25, 0.3) is 0 Å². The monoisotopic (exact) mass is 367 g/mol. The Balaban J connectivity index is 1.80. The molecule has 9 nitrogen and oxygen atoms in total. The van der Waals surface area contributed by atoms with Crippen LogP contribution in [0.4, 0.5) is 25.8 Å². The summed E-state index contributed by atoms with van der Waals surface area (Å²) in [4.78, 5) is 25.8. The quantitative estimate of drug-likeness (QED) is 0.591. The summed E-state index contributed by atoms with van der Waals surface area (Å²) in [7, 11) is 1.74. The zero-order chi connectivity index (χ0) is 18.8. The molecule has 1 aliphatic rings. The van der Waals surface area contributed by atoms with Gasteiger partial charge in [-0.25, -0.2) is 0 Å². The molecule has 0 radical (unpaired) electrons. The van der Waals surface area contributed by atoms with Gasteiger partial charge in [0, 0.05) is 44.2 Å². The van der Waals surface area contributed by atoms with Gasteiger partial charge in [-0.1, -0.05) is 0 Å². The maximum Gasteiger partial charge on any atom is 0.387 e. The van der Waals surface area contributed by atoms with Crippen LogP contribution in [0.3, 0.4) is 0 Å². The highest BCUT2D eigenvalue weighted by atomic mass is 19.3. The molecule has 1 fully saturated rings. The molecule has 2 heterocycles. The highest BCUT2D eigenvalue weighted by Gasteiger charge is 2.28. The predicted molar refractivity (Wildman–Crippen MR) is 87.5 cm³/mol. The first kappa shape index (κ1) is 17.6. The molecular formula is C15H15F2N5O4. The molecule has 0 aliphatic carbocycles. The number of anilines is 2. The van der Waals surface area contributed by atoms with Crippen LogP contribution in [0.15, 0.2) is 30.6 Å². The Hall–Kier alpha value is -3.24. The summed E-state index contributed by atoms with van der Waals surface area (Å²) in [6.07, 6.45) is 3.29. The smallest absolute Gasteiger partial charge is 0.387 e. The molecule has 1 amide bonds. The van der Waals surface area contributed by atoms with Crippen LogP contribution in [0.1, 0.15) is 0 Å². The van der Waals surface area contributed by atoms with Crippen LogP contribution in [-0.4, -0.2) is 46.9 Å². The Morgan fingerprint density at radius 1 is 1.31 bits per heavy atom. The number of ether oxygens (including phenoxy) is 1. The van der Waals surface area contributed by atoms with Crippen LogP contribution >= 0.6 is 0 Å². The summed E-state index contributed by atoms with van der Waals surface area (Å²) in [5.74, 6) is -0.733. The first-order chi connectivity index (χ1) is 12.3. The van der Waals surface area contributed by atoms with Gasteiger partial charge in [-0.15, -0.1) is 0 Å². The van der Waals surface area contributed by atoms with Gasteiger partial charge >= 0.3 is 12.3 Å². The van der Waals surface area contributed by atoms with E-state index in [1.165, 1.54) is 6.07 Å². The third kappa shape index (κ3) is 3.55. The SMILES string of the molecule is Cn1cc(N2CCN(c3ccc([N+](=O)[O-])c(OC(F)F)c3)CC2=O)cn1. The number of piperazine rings is 1. The Labute approximate surface area is 146 Å². The van der Waals surface area contributed by atoms with Crippen molar-refractivity contribution in [3.05, 3.63) is 40.7 Å². The molecule has 0 bridgehead atoms. The zero-order valence-electron chi connectivity index (χ0n) is 13.7. The van der Waals surface area contributed by atoms with Crippen molar-refractivity contribution in [3.63, 3.8) is 0 Å². The van der Waals surface area contributed by atoms with E-state index in [0.717, 1.165) is 12.1 Å². The number of aryl methyl sites for hydroxylation is 1. The van der Waals surface area contributed by atoms with Gasteiger partial charge < -0.3 is 14.5 Å². The number of hydrogen-bond donors (Lipinski definition) is 0. The fourth-order valence-electron chi connectivity index (χ4n) is 2.75. The van der Waals surface area contributed by atoms with Crippen LogP contribution in [-0.2, 0) is 11.8 Å². The Kier molecular flexibility index (Phi) is 4.69. The van der Waals surface area contributed by atoms with E-state index in [1.54, 1.807) is 33.9 Å². The summed E-state index contributed by atoms with van der Waals surface area (Å²) in [5.41, 5.74) is 0.502. The van der Waals surface area contributed by atoms with E-state index in [0.29, 0.717) is 24.5 Å². The molecule has 1 aromatic heterocycles. The van der Waals surface area contributed by atoms with Gasteiger partial charge in [0.05, 0.1) is 23.4 Å². The molecule has 26 heavy (non-hydrogen) atoms. The van der Waals surface area contributed by atoms with Crippen molar-refractivity contribution in [3.8, 4) is 5.75 Å². The van der Waals surface area contributed by atoms with Gasteiger partial charge in [0.25, 0.3) is 0 Å². The number of carbonyl (C=O) groups is 1. The van der Waals surface area contributed by atoms with E-state index < -0.39 is 23.0 Å². The van der Waals surface area contributed by atoms with E-state index >= 15 is 0 Å². The zero-order valence-corrected chi connectivity index (χ0v) is 13.7. The summed E-state index contributed by atoms with van der Waals surface area (Å²) in [6, 6.07) is 3.64. The van der Waals surface area contributed by atoms with Crippen molar-refractivity contribution < 1.29 is 23.2 Å². The number of carbonyl (C=O) groups excluding carboxylic acids is 1. The van der Waals surface area contributed by atoms with E-state index in [4.69, 9.17) is 0 Å².